The SMILES string of the molecule is CC[C@H](O)CN1CCN(C(=O)c2ccc(-n3cccc3)cc2)CC1. The fraction of sp³-hybridized carbons (Fsp3) is 0.421. The molecule has 1 saturated heterocycles. The number of carbonyl (C=O) groups excluding carboxylic acids is 1. The lowest BCUT2D eigenvalue weighted by molar-refractivity contribution is 0.0524. The number of aromatic nitrogens is 1. The monoisotopic (exact) mass is 327 g/mol. The maximum Gasteiger partial charge on any atom is 0.253 e. The number of carbonyl (C=O) groups is 1. The van der Waals surface area contributed by atoms with E-state index >= 15 is 0 Å². The summed E-state index contributed by atoms with van der Waals surface area (Å²) in [4.78, 5) is 16.8. The molecule has 2 aromatic rings. The van der Waals surface area contributed by atoms with Crippen LogP contribution in [0.4, 0.5) is 0 Å². The van der Waals surface area contributed by atoms with Gasteiger partial charge in [-0.3, -0.25) is 9.69 Å². The molecule has 1 aromatic heterocycles. The molecule has 1 aliphatic heterocycles. The van der Waals surface area contributed by atoms with Crippen molar-refractivity contribution in [2.45, 2.75) is 19.4 Å². The van der Waals surface area contributed by atoms with Gasteiger partial charge in [-0.05, 0) is 42.8 Å². The van der Waals surface area contributed by atoms with Crippen LogP contribution in [0.2, 0.25) is 0 Å². The van der Waals surface area contributed by atoms with Gasteiger partial charge >= 0.3 is 0 Å². The van der Waals surface area contributed by atoms with Gasteiger partial charge in [0.2, 0.25) is 0 Å². The minimum atomic E-state index is -0.270. The van der Waals surface area contributed by atoms with Crippen LogP contribution < -0.4 is 0 Å². The smallest absolute Gasteiger partial charge is 0.253 e. The van der Waals surface area contributed by atoms with Crippen LogP contribution in [0.5, 0.6) is 0 Å². The van der Waals surface area contributed by atoms with Crippen LogP contribution in [-0.2, 0) is 0 Å². The summed E-state index contributed by atoms with van der Waals surface area (Å²) in [6.45, 7) is 5.77. The van der Waals surface area contributed by atoms with Crippen LogP contribution in [-0.4, -0.2) is 64.2 Å². The Balaban J connectivity index is 1.57. The Morgan fingerprint density at radius 3 is 2.29 bits per heavy atom. The topological polar surface area (TPSA) is 48.7 Å². The Morgan fingerprint density at radius 1 is 1.08 bits per heavy atom. The van der Waals surface area contributed by atoms with E-state index in [9.17, 15) is 9.90 Å². The molecular weight excluding hydrogens is 302 g/mol. The summed E-state index contributed by atoms with van der Waals surface area (Å²) in [7, 11) is 0. The zero-order chi connectivity index (χ0) is 16.9. The molecule has 1 fully saturated rings. The minimum absolute atomic E-state index is 0.0877. The summed E-state index contributed by atoms with van der Waals surface area (Å²) in [5.74, 6) is 0.0877. The number of aliphatic hydroxyl groups excluding tert-OH is 1. The predicted molar refractivity (Wildman–Crippen MR) is 94.4 cm³/mol. The third kappa shape index (κ3) is 3.86. The van der Waals surface area contributed by atoms with E-state index in [0.29, 0.717) is 19.6 Å². The first-order chi connectivity index (χ1) is 11.7. The van der Waals surface area contributed by atoms with Crippen molar-refractivity contribution in [3.8, 4) is 5.69 Å². The molecule has 0 spiro atoms. The molecule has 0 aliphatic carbocycles. The fourth-order valence-electron chi connectivity index (χ4n) is 3.03. The van der Waals surface area contributed by atoms with Crippen LogP contribution in [0.25, 0.3) is 5.69 Å². The first-order valence-corrected chi connectivity index (χ1v) is 8.60. The predicted octanol–water partition coefficient (Wildman–Crippen LogP) is 2.01. The molecule has 3 rings (SSSR count). The van der Waals surface area contributed by atoms with Gasteiger partial charge in [0, 0.05) is 56.4 Å². The van der Waals surface area contributed by atoms with Gasteiger partial charge in [-0.15, -0.1) is 0 Å². The minimum Gasteiger partial charge on any atom is -0.392 e. The van der Waals surface area contributed by atoms with Crippen molar-refractivity contribution in [2.24, 2.45) is 0 Å². The number of β-amino-alcohol motifs (C(OH)–C–C–N with tert-alkyl or cyclic N) is 1. The van der Waals surface area contributed by atoms with Crippen LogP contribution in [0.3, 0.4) is 0 Å². The van der Waals surface area contributed by atoms with Gasteiger partial charge in [0.15, 0.2) is 0 Å². The molecule has 0 saturated carbocycles. The van der Waals surface area contributed by atoms with Crippen molar-refractivity contribution in [3.05, 3.63) is 54.4 Å². The normalized spacial score (nSPS) is 17.0. The highest BCUT2D eigenvalue weighted by Gasteiger charge is 2.23. The van der Waals surface area contributed by atoms with Crippen LogP contribution in [0.1, 0.15) is 23.7 Å². The lowest BCUT2D eigenvalue weighted by Gasteiger charge is -2.35. The Bertz CT molecular complexity index is 644. The standard InChI is InChI=1S/C19H25N3O2/c1-2-18(23)15-20-11-13-22(14-12-20)19(24)16-5-7-17(8-6-16)21-9-3-4-10-21/h3-10,18,23H,2,11-15H2,1H3/t18-/m0/s1. The van der Waals surface area contributed by atoms with Crippen LogP contribution >= 0.6 is 0 Å². The van der Waals surface area contributed by atoms with Crippen molar-refractivity contribution < 1.29 is 9.90 Å². The Hall–Kier alpha value is -2.11. The number of amides is 1. The van der Waals surface area contributed by atoms with Crippen molar-refractivity contribution in [3.63, 3.8) is 0 Å². The van der Waals surface area contributed by atoms with E-state index in [0.717, 1.165) is 30.8 Å². The second kappa shape index (κ2) is 7.64. The van der Waals surface area contributed by atoms with Gasteiger partial charge in [-0.1, -0.05) is 6.92 Å². The highest BCUT2D eigenvalue weighted by Crippen LogP contribution is 2.13. The van der Waals surface area contributed by atoms with Crippen LogP contribution in [0, 0.1) is 0 Å². The van der Waals surface area contributed by atoms with Gasteiger partial charge in [-0.2, -0.15) is 0 Å². The quantitative estimate of drug-likeness (QED) is 0.914. The third-order valence-electron chi connectivity index (χ3n) is 4.62. The van der Waals surface area contributed by atoms with E-state index in [4.69, 9.17) is 0 Å². The van der Waals surface area contributed by atoms with Gasteiger partial charge in [0.1, 0.15) is 0 Å². The summed E-state index contributed by atoms with van der Waals surface area (Å²) < 4.78 is 2.02. The van der Waals surface area contributed by atoms with Gasteiger partial charge in [-0.25, -0.2) is 0 Å². The number of hydrogen-bond acceptors (Lipinski definition) is 3. The number of aliphatic hydroxyl groups is 1. The largest absolute Gasteiger partial charge is 0.392 e. The number of benzene rings is 1. The first kappa shape index (κ1) is 16.7. The highest BCUT2D eigenvalue weighted by molar-refractivity contribution is 5.94. The molecule has 0 bridgehead atoms. The van der Waals surface area contributed by atoms with Crippen molar-refractivity contribution >= 4 is 5.91 Å². The van der Waals surface area contributed by atoms with Gasteiger partial charge in [0.25, 0.3) is 5.91 Å². The summed E-state index contributed by atoms with van der Waals surface area (Å²) in [5, 5.41) is 9.74. The zero-order valence-electron chi connectivity index (χ0n) is 14.1. The summed E-state index contributed by atoms with van der Waals surface area (Å²) >= 11 is 0. The van der Waals surface area contributed by atoms with Gasteiger partial charge < -0.3 is 14.6 Å². The van der Waals surface area contributed by atoms with Crippen molar-refractivity contribution in [2.75, 3.05) is 32.7 Å². The lowest BCUT2D eigenvalue weighted by Crippen LogP contribution is -2.50. The molecular formula is C19H25N3O2. The number of piperazine rings is 1. The first-order valence-electron chi connectivity index (χ1n) is 8.60. The maximum absolute atomic E-state index is 12.6. The molecule has 5 nitrogen and oxygen atoms in total. The van der Waals surface area contributed by atoms with Crippen LogP contribution in [0.15, 0.2) is 48.8 Å². The number of rotatable bonds is 5. The van der Waals surface area contributed by atoms with Gasteiger partial charge in [0.05, 0.1) is 6.10 Å². The lowest BCUT2D eigenvalue weighted by atomic mass is 10.1. The second-order valence-corrected chi connectivity index (χ2v) is 6.29. The molecule has 2 heterocycles. The molecule has 1 aromatic carbocycles. The summed E-state index contributed by atoms with van der Waals surface area (Å²) in [5.41, 5.74) is 1.78. The maximum atomic E-state index is 12.6. The Kier molecular flexibility index (Phi) is 5.33. The summed E-state index contributed by atoms with van der Waals surface area (Å²) in [6.07, 6.45) is 4.47. The van der Waals surface area contributed by atoms with E-state index in [1.54, 1.807) is 0 Å². The molecule has 24 heavy (non-hydrogen) atoms. The van der Waals surface area contributed by atoms with E-state index < -0.39 is 0 Å². The molecule has 1 amide bonds. The average Bonchev–Trinajstić information content (AvgIpc) is 3.16. The van der Waals surface area contributed by atoms with Crippen molar-refractivity contribution in [1.29, 1.82) is 0 Å². The average molecular weight is 327 g/mol. The molecule has 1 aliphatic rings. The molecule has 128 valence electrons. The van der Waals surface area contributed by atoms with Crippen molar-refractivity contribution in [1.82, 2.24) is 14.4 Å². The Morgan fingerprint density at radius 2 is 1.71 bits per heavy atom. The van der Waals surface area contributed by atoms with E-state index in [-0.39, 0.29) is 12.0 Å². The third-order valence-corrected chi connectivity index (χ3v) is 4.62. The zero-order valence-corrected chi connectivity index (χ0v) is 14.1. The Labute approximate surface area is 143 Å². The summed E-state index contributed by atoms with van der Waals surface area (Å²) in [6, 6.07) is 11.7. The van der Waals surface area contributed by atoms with E-state index in [2.05, 4.69) is 4.90 Å². The van der Waals surface area contributed by atoms with E-state index in [1.165, 1.54) is 0 Å². The molecule has 1 atom stereocenters. The number of hydrogen-bond donors (Lipinski definition) is 1. The molecule has 5 heteroatoms. The van der Waals surface area contributed by atoms with E-state index in [1.807, 2.05) is 65.2 Å². The number of nitrogens with zero attached hydrogens (tertiary/aromatic N) is 3. The fourth-order valence-corrected chi connectivity index (χ4v) is 3.03. The molecule has 0 unspecified atom stereocenters. The highest BCUT2D eigenvalue weighted by atomic mass is 16.3. The second-order valence-electron chi connectivity index (χ2n) is 6.29. The molecule has 1 N–H and O–H groups in total. The molecule has 0 radical (unpaired) electrons.